The molecular weight excluding hydrogens is 389 g/mol. The highest BCUT2D eigenvalue weighted by atomic mass is 19.1. The van der Waals surface area contributed by atoms with Crippen LogP contribution in [-0.2, 0) is 11.3 Å². The number of para-hydroxylation sites is 2. The van der Waals surface area contributed by atoms with Gasteiger partial charge >= 0.3 is 5.69 Å². The van der Waals surface area contributed by atoms with Crippen molar-refractivity contribution in [2.24, 2.45) is 0 Å². The summed E-state index contributed by atoms with van der Waals surface area (Å²) in [6.45, 7) is 1.48. The minimum Gasteiger partial charge on any atom is -0.495 e. The van der Waals surface area contributed by atoms with Gasteiger partial charge in [0.15, 0.2) is 5.65 Å². The molecule has 0 aliphatic rings. The Morgan fingerprint density at radius 3 is 2.63 bits per heavy atom. The largest absolute Gasteiger partial charge is 0.495 e. The normalized spacial score (nSPS) is 10.9. The van der Waals surface area contributed by atoms with E-state index in [9.17, 15) is 14.0 Å². The summed E-state index contributed by atoms with van der Waals surface area (Å²) in [6, 6.07) is 14.3. The molecule has 1 N–H and O–H groups in total. The lowest BCUT2D eigenvalue weighted by Gasteiger charge is -2.09. The molecule has 0 atom stereocenters. The highest BCUT2D eigenvalue weighted by molar-refractivity contribution is 5.92. The SMILES string of the molecule is COc1ccccc1NC(=O)Cn1nc2cc(C)nc(-c3ccc(F)cc3)n2c1=O. The summed E-state index contributed by atoms with van der Waals surface area (Å²) < 4.78 is 20.9. The Hall–Kier alpha value is -4.01. The van der Waals surface area contributed by atoms with Gasteiger partial charge in [-0.1, -0.05) is 12.1 Å². The predicted octanol–water partition coefficient (Wildman–Crippen LogP) is 2.65. The van der Waals surface area contributed by atoms with Crippen LogP contribution in [0.25, 0.3) is 17.0 Å². The lowest BCUT2D eigenvalue weighted by atomic mass is 10.2. The Morgan fingerprint density at radius 2 is 1.90 bits per heavy atom. The topological polar surface area (TPSA) is 90.5 Å². The second-order valence-electron chi connectivity index (χ2n) is 6.61. The summed E-state index contributed by atoms with van der Waals surface area (Å²) in [5, 5.41) is 6.98. The summed E-state index contributed by atoms with van der Waals surface area (Å²) >= 11 is 0. The number of nitrogens with zero attached hydrogens (tertiary/aromatic N) is 4. The Kier molecular flexibility index (Phi) is 5.01. The van der Waals surface area contributed by atoms with E-state index >= 15 is 0 Å². The number of anilines is 1. The zero-order valence-electron chi connectivity index (χ0n) is 16.3. The molecule has 9 heteroatoms. The van der Waals surface area contributed by atoms with Crippen LogP contribution >= 0.6 is 0 Å². The van der Waals surface area contributed by atoms with Gasteiger partial charge in [-0.05, 0) is 43.3 Å². The van der Waals surface area contributed by atoms with E-state index < -0.39 is 17.4 Å². The summed E-state index contributed by atoms with van der Waals surface area (Å²) in [5.74, 6) is 0.00901. The third-order valence-corrected chi connectivity index (χ3v) is 4.47. The van der Waals surface area contributed by atoms with E-state index in [1.54, 1.807) is 37.3 Å². The third kappa shape index (κ3) is 3.64. The molecule has 30 heavy (non-hydrogen) atoms. The average Bonchev–Trinajstić information content (AvgIpc) is 3.03. The minimum absolute atomic E-state index is 0.291. The van der Waals surface area contributed by atoms with Crippen LogP contribution in [0, 0.1) is 12.7 Å². The molecule has 152 valence electrons. The number of hydrogen-bond donors (Lipinski definition) is 1. The first-order chi connectivity index (χ1) is 14.5. The highest BCUT2D eigenvalue weighted by Gasteiger charge is 2.17. The molecule has 0 fully saturated rings. The van der Waals surface area contributed by atoms with Gasteiger partial charge in [0.25, 0.3) is 0 Å². The van der Waals surface area contributed by atoms with Gasteiger partial charge in [-0.15, -0.1) is 5.10 Å². The first-order valence-electron chi connectivity index (χ1n) is 9.12. The van der Waals surface area contributed by atoms with Gasteiger partial charge in [0.05, 0.1) is 12.8 Å². The van der Waals surface area contributed by atoms with Crippen LogP contribution in [0.3, 0.4) is 0 Å². The standard InChI is InChI=1S/C21H18FN5O3/c1-13-11-18-25-26(12-19(28)24-16-5-3-4-6-17(16)30-2)21(29)27(18)20(23-13)14-7-9-15(22)10-8-14/h3-11H,12H2,1-2H3,(H,24,28). The van der Waals surface area contributed by atoms with Crippen molar-refractivity contribution in [2.45, 2.75) is 13.5 Å². The van der Waals surface area contributed by atoms with Crippen LogP contribution in [-0.4, -0.2) is 32.2 Å². The van der Waals surface area contributed by atoms with Crippen LogP contribution in [0.5, 0.6) is 5.75 Å². The predicted molar refractivity (Wildman–Crippen MR) is 109 cm³/mol. The number of aryl methyl sites for hydroxylation is 1. The number of halogens is 1. The molecule has 2 aromatic heterocycles. The zero-order chi connectivity index (χ0) is 21.3. The summed E-state index contributed by atoms with van der Waals surface area (Å²) in [4.78, 5) is 29.9. The molecule has 8 nitrogen and oxygen atoms in total. The van der Waals surface area contributed by atoms with Crippen molar-refractivity contribution in [3.8, 4) is 17.1 Å². The number of fused-ring (bicyclic) bond motifs is 1. The highest BCUT2D eigenvalue weighted by Crippen LogP contribution is 2.23. The molecule has 0 unspecified atom stereocenters. The maximum Gasteiger partial charge on any atom is 0.352 e. The quantitative estimate of drug-likeness (QED) is 0.549. The molecule has 2 aromatic carbocycles. The molecule has 0 saturated heterocycles. The minimum atomic E-state index is -0.521. The number of benzene rings is 2. The molecule has 4 rings (SSSR count). The third-order valence-electron chi connectivity index (χ3n) is 4.47. The molecule has 0 aliphatic heterocycles. The smallest absolute Gasteiger partial charge is 0.352 e. The second-order valence-corrected chi connectivity index (χ2v) is 6.61. The lowest BCUT2D eigenvalue weighted by Crippen LogP contribution is -2.28. The van der Waals surface area contributed by atoms with Crippen molar-refractivity contribution in [1.82, 2.24) is 19.2 Å². The number of amides is 1. The van der Waals surface area contributed by atoms with Crippen molar-refractivity contribution in [3.05, 3.63) is 76.6 Å². The van der Waals surface area contributed by atoms with Crippen molar-refractivity contribution in [2.75, 3.05) is 12.4 Å². The van der Waals surface area contributed by atoms with Gasteiger partial charge in [0.2, 0.25) is 5.91 Å². The van der Waals surface area contributed by atoms with Crippen molar-refractivity contribution < 1.29 is 13.9 Å². The Morgan fingerprint density at radius 1 is 1.17 bits per heavy atom. The molecule has 0 radical (unpaired) electrons. The first-order valence-corrected chi connectivity index (χ1v) is 9.12. The van der Waals surface area contributed by atoms with Crippen LogP contribution in [0.4, 0.5) is 10.1 Å². The van der Waals surface area contributed by atoms with Gasteiger partial charge < -0.3 is 10.1 Å². The van der Waals surface area contributed by atoms with E-state index in [-0.39, 0.29) is 6.54 Å². The molecule has 4 aromatic rings. The van der Waals surface area contributed by atoms with Crippen molar-refractivity contribution in [1.29, 1.82) is 0 Å². The maximum absolute atomic E-state index is 13.3. The monoisotopic (exact) mass is 407 g/mol. The van der Waals surface area contributed by atoms with Gasteiger partial charge in [-0.2, -0.15) is 0 Å². The van der Waals surface area contributed by atoms with E-state index in [1.807, 2.05) is 0 Å². The van der Waals surface area contributed by atoms with Gasteiger partial charge in [0.1, 0.15) is 23.9 Å². The van der Waals surface area contributed by atoms with E-state index in [4.69, 9.17) is 4.74 Å². The van der Waals surface area contributed by atoms with Gasteiger partial charge in [-0.3, -0.25) is 4.79 Å². The van der Waals surface area contributed by atoms with Crippen LogP contribution in [0.2, 0.25) is 0 Å². The number of carbonyl (C=O) groups excluding carboxylic acids is 1. The van der Waals surface area contributed by atoms with Crippen LogP contribution in [0.15, 0.2) is 59.4 Å². The Bertz CT molecular complexity index is 1290. The summed E-state index contributed by atoms with van der Waals surface area (Å²) in [5.41, 5.74) is 1.51. The number of aromatic nitrogens is 4. The average molecular weight is 407 g/mol. The molecule has 0 saturated carbocycles. The fourth-order valence-corrected chi connectivity index (χ4v) is 3.12. The summed E-state index contributed by atoms with van der Waals surface area (Å²) in [6.07, 6.45) is 0. The molecule has 2 heterocycles. The number of methoxy groups -OCH3 is 1. The van der Waals surface area contributed by atoms with Crippen molar-refractivity contribution >= 4 is 17.2 Å². The number of rotatable bonds is 5. The van der Waals surface area contributed by atoms with Crippen LogP contribution in [0.1, 0.15) is 5.69 Å². The van der Waals surface area contributed by atoms with Crippen LogP contribution < -0.4 is 15.7 Å². The zero-order valence-corrected chi connectivity index (χ0v) is 16.3. The fourth-order valence-electron chi connectivity index (χ4n) is 3.12. The van der Waals surface area contributed by atoms with Crippen molar-refractivity contribution in [3.63, 3.8) is 0 Å². The number of hydrogen-bond acceptors (Lipinski definition) is 5. The number of carbonyl (C=O) groups is 1. The van der Waals surface area contributed by atoms with E-state index in [2.05, 4.69) is 15.4 Å². The molecule has 1 amide bonds. The van der Waals surface area contributed by atoms with Gasteiger partial charge in [0, 0.05) is 17.3 Å². The van der Waals surface area contributed by atoms with E-state index in [0.29, 0.717) is 34.2 Å². The Labute approximate surface area is 170 Å². The lowest BCUT2D eigenvalue weighted by molar-refractivity contribution is -0.117. The molecule has 0 aliphatic carbocycles. The molecular formula is C21H18FN5O3. The second kappa shape index (κ2) is 7.78. The van der Waals surface area contributed by atoms with E-state index in [1.165, 1.54) is 35.8 Å². The molecule has 0 bridgehead atoms. The number of ether oxygens (including phenoxy) is 1. The first kappa shape index (κ1) is 19.3. The summed E-state index contributed by atoms with van der Waals surface area (Å²) in [7, 11) is 1.50. The fraction of sp³-hybridized carbons (Fsp3) is 0.143. The maximum atomic E-state index is 13.3. The van der Waals surface area contributed by atoms with Gasteiger partial charge in [-0.25, -0.2) is 23.3 Å². The Balaban J connectivity index is 1.70. The van der Waals surface area contributed by atoms with E-state index in [0.717, 1.165) is 4.68 Å². The number of nitrogens with one attached hydrogen (secondary N) is 1. The molecule has 0 spiro atoms.